The summed E-state index contributed by atoms with van der Waals surface area (Å²) in [5.74, 6) is -0.142. The summed E-state index contributed by atoms with van der Waals surface area (Å²) in [6, 6.07) is 18.5. The fourth-order valence-electron chi connectivity index (χ4n) is 4.11. The molecule has 0 saturated carbocycles. The molecule has 1 unspecified atom stereocenters. The number of aromatic amines is 2. The summed E-state index contributed by atoms with van der Waals surface area (Å²) >= 11 is 9.88. The number of anilines is 1. The van der Waals surface area contributed by atoms with Crippen LogP contribution in [0.2, 0.25) is 5.02 Å². The summed E-state index contributed by atoms with van der Waals surface area (Å²) in [5, 5.41) is 3.57. The molecule has 0 radical (unpaired) electrons. The second-order valence-electron chi connectivity index (χ2n) is 8.00. The number of aromatic nitrogens is 2. The molecular weight excluding hydrogens is 504 g/mol. The van der Waals surface area contributed by atoms with Gasteiger partial charge in [0, 0.05) is 20.6 Å². The zero-order valence-corrected chi connectivity index (χ0v) is 19.8. The molecule has 1 aliphatic heterocycles. The van der Waals surface area contributed by atoms with Crippen LogP contribution in [-0.2, 0) is 11.2 Å². The molecule has 0 fully saturated rings. The molecule has 0 bridgehead atoms. The monoisotopic (exact) mass is 522 g/mol. The minimum atomic E-state index is -0.547. The van der Waals surface area contributed by atoms with E-state index in [-0.39, 0.29) is 11.6 Å². The molecule has 3 N–H and O–H groups in total. The van der Waals surface area contributed by atoms with E-state index >= 15 is 0 Å². The first kappa shape index (κ1) is 21.7. The molecule has 2 heterocycles. The molecule has 33 heavy (non-hydrogen) atoms. The van der Waals surface area contributed by atoms with Crippen molar-refractivity contribution >= 4 is 55.9 Å². The van der Waals surface area contributed by atoms with Gasteiger partial charge in [0.05, 0.1) is 22.4 Å². The van der Waals surface area contributed by atoms with Gasteiger partial charge in [0.2, 0.25) is 5.91 Å². The van der Waals surface area contributed by atoms with Gasteiger partial charge in [0.15, 0.2) is 0 Å². The normalized spacial score (nSPS) is 15.6. The summed E-state index contributed by atoms with van der Waals surface area (Å²) in [6.07, 6.45) is 2.24. The van der Waals surface area contributed by atoms with Crippen molar-refractivity contribution in [1.29, 1.82) is 0 Å². The highest BCUT2D eigenvalue weighted by molar-refractivity contribution is 9.10. The molecule has 1 amide bonds. The van der Waals surface area contributed by atoms with Crippen molar-refractivity contribution in [3.8, 4) is 0 Å². The molecule has 0 spiro atoms. The molecule has 1 aromatic heterocycles. The maximum absolute atomic E-state index is 13.1. The highest BCUT2D eigenvalue weighted by atomic mass is 79.9. The van der Waals surface area contributed by atoms with Gasteiger partial charge in [-0.25, -0.2) is 4.79 Å². The van der Waals surface area contributed by atoms with E-state index in [1.807, 2.05) is 42.5 Å². The minimum absolute atomic E-state index is 0.142. The summed E-state index contributed by atoms with van der Waals surface area (Å²) in [5.41, 5.74) is 5.21. The first-order valence-electron chi connectivity index (χ1n) is 10.6. The Balaban J connectivity index is 1.51. The summed E-state index contributed by atoms with van der Waals surface area (Å²) < 4.78 is 1.07. The zero-order chi connectivity index (χ0) is 22.9. The Bertz CT molecular complexity index is 1460. The number of hydrogen-bond acceptors (Lipinski definition) is 3. The van der Waals surface area contributed by atoms with Crippen molar-refractivity contribution in [2.75, 3.05) is 5.32 Å². The number of halogens is 2. The van der Waals surface area contributed by atoms with Gasteiger partial charge in [-0.3, -0.25) is 9.79 Å². The summed E-state index contributed by atoms with van der Waals surface area (Å²) in [6.45, 7) is 0. The number of amides is 1. The number of hydrogen-bond donors (Lipinski definition) is 3. The smallest absolute Gasteiger partial charge is 0.323 e. The number of fused-ring (bicyclic) bond motifs is 2. The van der Waals surface area contributed by atoms with Crippen molar-refractivity contribution in [2.24, 2.45) is 4.99 Å². The lowest BCUT2D eigenvalue weighted by Crippen LogP contribution is -2.25. The van der Waals surface area contributed by atoms with Crippen molar-refractivity contribution in [2.45, 2.75) is 25.3 Å². The Hall–Kier alpha value is -3.16. The highest BCUT2D eigenvalue weighted by Crippen LogP contribution is 2.29. The van der Waals surface area contributed by atoms with E-state index in [0.717, 1.165) is 28.4 Å². The third kappa shape index (κ3) is 4.51. The van der Waals surface area contributed by atoms with E-state index in [0.29, 0.717) is 33.9 Å². The Morgan fingerprint density at radius 1 is 0.970 bits per heavy atom. The second-order valence-corrected chi connectivity index (χ2v) is 9.29. The number of benzodiazepines with no additional fused rings is 1. The molecule has 1 atom stereocenters. The number of H-pyrrole nitrogens is 2. The molecule has 8 heteroatoms. The van der Waals surface area contributed by atoms with E-state index in [1.54, 1.807) is 12.1 Å². The summed E-state index contributed by atoms with van der Waals surface area (Å²) in [4.78, 5) is 35.2. The van der Waals surface area contributed by atoms with Crippen molar-refractivity contribution < 1.29 is 4.79 Å². The van der Waals surface area contributed by atoms with E-state index in [2.05, 4.69) is 37.3 Å². The number of carbonyl (C=O) groups is 1. The first-order valence-corrected chi connectivity index (χ1v) is 11.8. The lowest BCUT2D eigenvalue weighted by molar-refractivity contribution is -0.117. The van der Waals surface area contributed by atoms with Crippen LogP contribution in [0.5, 0.6) is 0 Å². The van der Waals surface area contributed by atoms with Crippen LogP contribution in [0, 0.1) is 0 Å². The number of aliphatic imine (C=N–C) groups is 1. The van der Waals surface area contributed by atoms with Crippen LogP contribution in [-0.4, -0.2) is 27.6 Å². The predicted molar refractivity (Wildman–Crippen MR) is 136 cm³/mol. The number of imidazole rings is 1. The van der Waals surface area contributed by atoms with Crippen LogP contribution in [0.3, 0.4) is 0 Å². The van der Waals surface area contributed by atoms with Crippen LogP contribution in [0.4, 0.5) is 5.69 Å². The third-order valence-electron chi connectivity index (χ3n) is 5.75. The SMILES string of the molecule is O=C1Nc2ccc(Cl)cc2C(c2ccc3[nH]c(=O)[nH]c3c2)=NC1CCCc1ccccc1Br. The maximum atomic E-state index is 13.1. The molecule has 1 aliphatic rings. The van der Waals surface area contributed by atoms with Crippen LogP contribution < -0.4 is 11.0 Å². The van der Waals surface area contributed by atoms with Gasteiger partial charge < -0.3 is 15.3 Å². The third-order valence-corrected chi connectivity index (χ3v) is 6.76. The Morgan fingerprint density at radius 2 is 1.79 bits per heavy atom. The van der Waals surface area contributed by atoms with Crippen LogP contribution in [0.25, 0.3) is 11.0 Å². The van der Waals surface area contributed by atoms with Gasteiger partial charge in [-0.1, -0.05) is 51.8 Å². The molecule has 5 rings (SSSR count). The van der Waals surface area contributed by atoms with Gasteiger partial charge in [-0.2, -0.15) is 0 Å². The quantitative estimate of drug-likeness (QED) is 0.324. The fraction of sp³-hybridized carbons (Fsp3) is 0.160. The maximum Gasteiger partial charge on any atom is 0.323 e. The fourth-order valence-corrected chi connectivity index (χ4v) is 4.77. The zero-order valence-electron chi connectivity index (χ0n) is 17.5. The topological polar surface area (TPSA) is 90.1 Å². The van der Waals surface area contributed by atoms with Gasteiger partial charge in [0.1, 0.15) is 6.04 Å². The van der Waals surface area contributed by atoms with Gasteiger partial charge >= 0.3 is 5.69 Å². The molecular formula is C25H20BrClN4O2. The Kier molecular flexibility index (Phi) is 5.91. The van der Waals surface area contributed by atoms with E-state index in [4.69, 9.17) is 16.6 Å². The van der Waals surface area contributed by atoms with Crippen molar-refractivity contribution in [3.05, 3.63) is 97.3 Å². The first-order chi connectivity index (χ1) is 16.0. The second kappa shape index (κ2) is 9.00. The number of nitrogens with one attached hydrogen (secondary N) is 3. The molecule has 4 aromatic rings. The molecule has 0 saturated heterocycles. The Morgan fingerprint density at radius 3 is 2.64 bits per heavy atom. The van der Waals surface area contributed by atoms with Crippen molar-refractivity contribution in [3.63, 3.8) is 0 Å². The van der Waals surface area contributed by atoms with Gasteiger partial charge in [-0.15, -0.1) is 0 Å². The van der Waals surface area contributed by atoms with Gasteiger partial charge in [0.25, 0.3) is 0 Å². The minimum Gasteiger partial charge on any atom is -0.324 e. The van der Waals surface area contributed by atoms with Crippen LogP contribution in [0.15, 0.2) is 74.9 Å². The lowest BCUT2D eigenvalue weighted by Gasteiger charge is -2.12. The number of aryl methyl sites for hydroxylation is 1. The number of benzene rings is 3. The largest absolute Gasteiger partial charge is 0.324 e. The number of carbonyl (C=O) groups excluding carboxylic acids is 1. The molecule has 0 aliphatic carbocycles. The average molecular weight is 524 g/mol. The lowest BCUT2D eigenvalue weighted by atomic mass is 10.00. The van der Waals surface area contributed by atoms with E-state index in [1.165, 1.54) is 5.56 Å². The molecule has 3 aromatic carbocycles. The number of nitrogens with zero attached hydrogens (tertiary/aromatic N) is 1. The Labute approximate surface area is 203 Å². The predicted octanol–water partition coefficient (Wildman–Crippen LogP) is 5.45. The highest BCUT2D eigenvalue weighted by Gasteiger charge is 2.26. The summed E-state index contributed by atoms with van der Waals surface area (Å²) in [7, 11) is 0. The van der Waals surface area contributed by atoms with Gasteiger partial charge in [-0.05, 0) is 61.2 Å². The molecule has 166 valence electrons. The van der Waals surface area contributed by atoms with E-state index < -0.39 is 6.04 Å². The van der Waals surface area contributed by atoms with Crippen LogP contribution >= 0.6 is 27.5 Å². The van der Waals surface area contributed by atoms with Crippen LogP contribution in [0.1, 0.15) is 29.5 Å². The average Bonchev–Trinajstić information content (AvgIpc) is 3.11. The van der Waals surface area contributed by atoms with Crippen molar-refractivity contribution in [1.82, 2.24) is 9.97 Å². The standard InChI is InChI=1S/C25H20BrClN4O2/c26-18-6-2-1-4-14(18)5-3-7-21-24(32)29-19-11-9-16(27)13-17(19)23(28-21)15-8-10-20-22(12-15)31-25(33)30-20/h1-2,4,6,8-13,21H,3,5,7H2,(H,29,32)(H2,30,31,33). The number of rotatable bonds is 5. The van der Waals surface area contributed by atoms with E-state index in [9.17, 15) is 9.59 Å². The molecule has 6 nitrogen and oxygen atoms in total.